The summed E-state index contributed by atoms with van der Waals surface area (Å²) in [6, 6.07) is 24.8. The first-order valence-corrected chi connectivity index (χ1v) is 7.00. The average Bonchev–Trinajstić information content (AvgIpc) is 2.97. The van der Waals surface area contributed by atoms with Crippen molar-refractivity contribution < 1.29 is 21.7 Å². The molecule has 0 saturated carbocycles. The summed E-state index contributed by atoms with van der Waals surface area (Å²) in [5.41, 5.74) is 0. The SMILES string of the molecule is C=CC=C.Pc1ccccc1.[CH3-].[CH3-].[Si].[Ti+3].c1ccc2[cH-]ccc2c1. The number of allylic oxidation sites excluding steroid dienone is 2. The molecule has 0 fully saturated rings. The zero-order valence-corrected chi connectivity index (χ0v) is 18.3. The Hall–Kier alpha value is -1.11. The van der Waals surface area contributed by atoms with Crippen LogP contribution < -0.4 is 5.30 Å². The maximum absolute atomic E-state index is 3.36. The topological polar surface area (TPSA) is 0 Å². The van der Waals surface area contributed by atoms with E-state index in [1.807, 2.05) is 30.3 Å². The summed E-state index contributed by atoms with van der Waals surface area (Å²) >= 11 is 0. The molecule has 24 heavy (non-hydrogen) atoms. The maximum atomic E-state index is 3.36. The van der Waals surface area contributed by atoms with E-state index in [0.717, 1.165) is 0 Å². The van der Waals surface area contributed by atoms with Gasteiger partial charge < -0.3 is 14.9 Å². The maximum Gasteiger partial charge on any atom is 3.00 e. The van der Waals surface area contributed by atoms with Crippen molar-refractivity contribution in [3.8, 4) is 0 Å². The fourth-order valence-corrected chi connectivity index (χ4v) is 1.75. The first kappa shape index (κ1) is 30.7. The van der Waals surface area contributed by atoms with Gasteiger partial charge in [0.05, 0.1) is 0 Å². The first-order chi connectivity index (χ1) is 9.77. The van der Waals surface area contributed by atoms with E-state index < -0.39 is 0 Å². The minimum atomic E-state index is 0. The molecule has 0 heterocycles. The molecule has 0 spiro atoms. The minimum Gasteiger partial charge on any atom is -0.358 e. The van der Waals surface area contributed by atoms with Crippen molar-refractivity contribution in [3.63, 3.8) is 0 Å². The summed E-state index contributed by atoms with van der Waals surface area (Å²) in [7, 11) is 2.63. The second-order valence-corrected chi connectivity index (χ2v) is 4.70. The summed E-state index contributed by atoms with van der Waals surface area (Å²) in [5, 5.41) is 3.90. The smallest absolute Gasteiger partial charge is 0.358 e. The number of rotatable bonds is 1. The van der Waals surface area contributed by atoms with Crippen molar-refractivity contribution in [1.29, 1.82) is 0 Å². The van der Waals surface area contributed by atoms with Crippen LogP contribution in [0.25, 0.3) is 10.8 Å². The number of hydrogen-bond acceptors (Lipinski definition) is 0. The molecule has 3 aromatic rings. The molecule has 5 radical (unpaired) electrons. The molecule has 0 bridgehead atoms. The van der Waals surface area contributed by atoms with Gasteiger partial charge in [0.1, 0.15) is 0 Å². The van der Waals surface area contributed by atoms with Gasteiger partial charge in [0.15, 0.2) is 0 Å². The summed E-state index contributed by atoms with van der Waals surface area (Å²) in [6.07, 6.45) is 3.28. The summed E-state index contributed by atoms with van der Waals surface area (Å²) < 4.78 is 0. The van der Waals surface area contributed by atoms with E-state index in [2.05, 4.69) is 64.9 Å². The predicted octanol–water partition coefficient (Wildman–Crippen LogP) is 5.62. The van der Waals surface area contributed by atoms with Gasteiger partial charge in [-0.15, -0.1) is 38.9 Å². The van der Waals surface area contributed by atoms with E-state index in [-0.39, 0.29) is 47.5 Å². The van der Waals surface area contributed by atoms with Gasteiger partial charge >= 0.3 is 21.7 Å². The van der Waals surface area contributed by atoms with Gasteiger partial charge in [-0.25, -0.2) is 0 Å². The summed E-state index contributed by atoms with van der Waals surface area (Å²) in [4.78, 5) is 0. The molecule has 0 aliphatic carbocycles. The van der Waals surface area contributed by atoms with Crippen LogP contribution in [0.4, 0.5) is 0 Å². The number of hydrogen-bond donors (Lipinski definition) is 0. The molecule has 0 aromatic heterocycles. The van der Waals surface area contributed by atoms with Crippen molar-refractivity contribution in [2.45, 2.75) is 0 Å². The number of benzene rings is 2. The van der Waals surface area contributed by atoms with Crippen LogP contribution in [0, 0.1) is 14.9 Å². The third-order valence-electron chi connectivity index (χ3n) is 2.51. The van der Waals surface area contributed by atoms with E-state index in [0.29, 0.717) is 0 Å². The van der Waals surface area contributed by atoms with Crippen LogP contribution in [0.5, 0.6) is 0 Å². The zero-order chi connectivity index (χ0) is 14.6. The molecular formula is C21H26PSiTi. The molecule has 0 nitrogen and oxygen atoms in total. The van der Waals surface area contributed by atoms with Crippen LogP contribution in [-0.4, -0.2) is 11.0 Å². The van der Waals surface area contributed by atoms with Gasteiger partial charge in [-0.2, -0.15) is 17.5 Å². The Labute approximate surface area is 170 Å². The minimum absolute atomic E-state index is 0. The van der Waals surface area contributed by atoms with Gasteiger partial charge in [0.2, 0.25) is 0 Å². The second-order valence-electron chi connectivity index (χ2n) is 4.04. The molecule has 1 atom stereocenters. The van der Waals surface area contributed by atoms with Gasteiger partial charge in [-0.1, -0.05) is 61.7 Å². The van der Waals surface area contributed by atoms with Gasteiger partial charge in [0.25, 0.3) is 0 Å². The predicted molar refractivity (Wildman–Crippen MR) is 114 cm³/mol. The molecule has 1 unspecified atom stereocenters. The van der Waals surface area contributed by atoms with Crippen LogP contribution in [0.1, 0.15) is 0 Å². The Morgan fingerprint density at radius 1 is 0.792 bits per heavy atom. The van der Waals surface area contributed by atoms with Gasteiger partial charge in [0, 0.05) is 11.0 Å². The van der Waals surface area contributed by atoms with E-state index in [9.17, 15) is 0 Å². The van der Waals surface area contributed by atoms with Crippen LogP contribution in [0.2, 0.25) is 0 Å². The van der Waals surface area contributed by atoms with Crippen molar-refractivity contribution in [3.05, 3.63) is 113 Å². The quantitative estimate of drug-likeness (QED) is 0.221. The monoisotopic (exact) mass is 385 g/mol. The third kappa shape index (κ3) is 13.3. The van der Waals surface area contributed by atoms with Gasteiger partial charge in [-0.05, 0) is 5.30 Å². The third-order valence-corrected chi connectivity index (χ3v) is 2.90. The Morgan fingerprint density at radius 3 is 1.71 bits per heavy atom. The summed E-state index contributed by atoms with van der Waals surface area (Å²) in [6.45, 7) is 6.72. The average molecular weight is 385 g/mol. The molecule has 0 aliphatic rings. The molecule has 3 aromatic carbocycles. The molecule has 123 valence electrons. The first-order valence-electron chi connectivity index (χ1n) is 6.42. The molecule has 0 saturated heterocycles. The fraction of sp³-hybridized carbons (Fsp3) is 0. The summed E-state index contributed by atoms with van der Waals surface area (Å²) in [5.74, 6) is 0. The molecule has 0 aliphatic heterocycles. The standard InChI is InChI=1S/C9H7.C6H7P.C4H6.2CH3.Si.Ti/c1-2-5-9-7-3-6-8(9)4-1;7-6-4-2-1-3-5-6;1-3-4-2;;;;/h1-7H;1-5H,7H2;3-4H,1-2H2;2*1H3;;/q-1;;;2*-1;;+3. The van der Waals surface area contributed by atoms with Crippen LogP contribution in [-0.2, 0) is 21.7 Å². The van der Waals surface area contributed by atoms with Crippen LogP contribution in [0.3, 0.4) is 0 Å². The zero-order valence-electron chi connectivity index (χ0n) is 14.6. The van der Waals surface area contributed by atoms with Crippen LogP contribution in [0.15, 0.2) is 98.1 Å². The molecule has 0 N–H and O–H groups in total. The van der Waals surface area contributed by atoms with Gasteiger partial charge in [-0.3, -0.25) is 0 Å². The van der Waals surface area contributed by atoms with Crippen molar-refractivity contribution in [1.82, 2.24) is 0 Å². The van der Waals surface area contributed by atoms with Crippen LogP contribution >= 0.6 is 9.24 Å². The Kier molecular flexibility index (Phi) is 25.5. The molecule has 3 rings (SSSR count). The molecular weight excluding hydrogens is 359 g/mol. The van der Waals surface area contributed by atoms with Crippen molar-refractivity contribution in [2.24, 2.45) is 0 Å². The Balaban J connectivity index is -0.000000123. The van der Waals surface area contributed by atoms with E-state index in [1.165, 1.54) is 16.1 Å². The van der Waals surface area contributed by atoms with Crippen molar-refractivity contribution in [2.75, 3.05) is 0 Å². The molecule has 3 heteroatoms. The Bertz CT molecular complexity index is 596. The largest absolute Gasteiger partial charge is 3.00 e. The van der Waals surface area contributed by atoms with E-state index in [4.69, 9.17) is 0 Å². The fourth-order valence-electron chi connectivity index (χ4n) is 1.52. The normalized spacial score (nSPS) is 7.21. The Morgan fingerprint density at radius 2 is 1.29 bits per heavy atom. The van der Waals surface area contributed by atoms with E-state index in [1.54, 1.807) is 12.2 Å². The number of fused-ring (bicyclic) bond motifs is 1. The van der Waals surface area contributed by atoms with Crippen molar-refractivity contribution >= 4 is 36.3 Å². The van der Waals surface area contributed by atoms with E-state index >= 15 is 0 Å². The molecule has 0 amide bonds. The second kappa shape index (κ2) is 19.9.